The summed E-state index contributed by atoms with van der Waals surface area (Å²) in [7, 11) is 0. The van der Waals surface area contributed by atoms with Crippen molar-refractivity contribution in [3.05, 3.63) is 68.2 Å². The molecule has 0 saturated carbocycles. The van der Waals surface area contributed by atoms with Crippen molar-refractivity contribution < 1.29 is 14.5 Å². The van der Waals surface area contributed by atoms with Crippen molar-refractivity contribution in [2.24, 2.45) is 0 Å². The molecule has 1 atom stereocenters. The molecule has 1 unspecified atom stereocenters. The molecule has 6 nitrogen and oxygen atoms in total. The molecule has 0 bridgehead atoms. The highest BCUT2D eigenvalue weighted by molar-refractivity contribution is 9.10. The standard InChI is InChI=1S/C16H13BrN2O4/c17-14-3-1-2-13-12(14)8-9-15(13)18-16(20)23-11-6-4-10(5-7-11)19(21)22/h1-7,15H,8-9H2,(H,18,20). The molecule has 1 amide bonds. The number of hydrogen-bond donors (Lipinski definition) is 1. The van der Waals surface area contributed by atoms with Crippen LogP contribution in [-0.2, 0) is 6.42 Å². The molecule has 0 saturated heterocycles. The van der Waals surface area contributed by atoms with Crippen LogP contribution in [0.25, 0.3) is 0 Å². The van der Waals surface area contributed by atoms with E-state index in [1.165, 1.54) is 29.8 Å². The third kappa shape index (κ3) is 3.34. The van der Waals surface area contributed by atoms with Crippen molar-refractivity contribution in [2.75, 3.05) is 0 Å². The summed E-state index contributed by atoms with van der Waals surface area (Å²) in [5.74, 6) is 0.264. The van der Waals surface area contributed by atoms with E-state index >= 15 is 0 Å². The molecule has 23 heavy (non-hydrogen) atoms. The van der Waals surface area contributed by atoms with Gasteiger partial charge in [-0.2, -0.15) is 0 Å². The van der Waals surface area contributed by atoms with Crippen LogP contribution in [0.2, 0.25) is 0 Å². The van der Waals surface area contributed by atoms with Gasteiger partial charge in [0.15, 0.2) is 0 Å². The van der Waals surface area contributed by atoms with Crippen LogP contribution >= 0.6 is 15.9 Å². The van der Waals surface area contributed by atoms with Crippen LogP contribution in [0.5, 0.6) is 5.75 Å². The maximum absolute atomic E-state index is 12.0. The van der Waals surface area contributed by atoms with Crippen molar-refractivity contribution in [3.8, 4) is 5.75 Å². The maximum Gasteiger partial charge on any atom is 0.413 e. The monoisotopic (exact) mass is 376 g/mol. The fraction of sp³-hybridized carbons (Fsp3) is 0.188. The molecule has 1 aliphatic rings. The zero-order valence-electron chi connectivity index (χ0n) is 12.0. The van der Waals surface area contributed by atoms with E-state index in [0.29, 0.717) is 0 Å². The number of carbonyl (C=O) groups excluding carboxylic acids is 1. The quantitative estimate of drug-likeness (QED) is 0.644. The molecule has 1 N–H and O–H groups in total. The van der Waals surface area contributed by atoms with Gasteiger partial charge in [0.25, 0.3) is 5.69 Å². The van der Waals surface area contributed by atoms with Crippen molar-refractivity contribution in [1.82, 2.24) is 5.32 Å². The fourth-order valence-electron chi connectivity index (χ4n) is 2.67. The molecule has 0 heterocycles. The van der Waals surface area contributed by atoms with Crippen LogP contribution < -0.4 is 10.1 Å². The van der Waals surface area contributed by atoms with Gasteiger partial charge in [-0.05, 0) is 42.2 Å². The number of nitro benzene ring substituents is 1. The van der Waals surface area contributed by atoms with Crippen LogP contribution in [0.4, 0.5) is 10.5 Å². The molecule has 2 aromatic rings. The molecule has 0 radical (unpaired) electrons. The number of nitro groups is 1. The van der Waals surface area contributed by atoms with Crippen molar-refractivity contribution in [1.29, 1.82) is 0 Å². The Morgan fingerprint density at radius 3 is 2.70 bits per heavy atom. The largest absolute Gasteiger partial charge is 0.413 e. The van der Waals surface area contributed by atoms with E-state index < -0.39 is 11.0 Å². The second kappa shape index (κ2) is 6.37. The van der Waals surface area contributed by atoms with Crippen LogP contribution in [0, 0.1) is 10.1 Å². The Hall–Kier alpha value is -2.41. The van der Waals surface area contributed by atoms with Crippen LogP contribution in [0.1, 0.15) is 23.6 Å². The predicted octanol–water partition coefficient (Wildman–Crippen LogP) is 4.13. The summed E-state index contributed by atoms with van der Waals surface area (Å²) in [6.07, 6.45) is 1.13. The lowest BCUT2D eigenvalue weighted by Crippen LogP contribution is -2.29. The smallest absolute Gasteiger partial charge is 0.410 e. The van der Waals surface area contributed by atoms with E-state index in [-0.39, 0.29) is 17.5 Å². The highest BCUT2D eigenvalue weighted by Crippen LogP contribution is 2.35. The molecule has 3 rings (SSSR count). The zero-order valence-corrected chi connectivity index (χ0v) is 13.6. The number of benzene rings is 2. The third-order valence-corrected chi connectivity index (χ3v) is 4.51. The summed E-state index contributed by atoms with van der Waals surface area (Å²) in [5.41, 5.74) is 2.24. The summed E-state index contributed by atoms with van der Waals surface area (Å²) in [4.78, 5) is 22.1. The first-order chi connectivity index (χ1) is 11.0. The minimum Gasteiger partial charge on any atom is -0.410 e. The van der Waals surface area contributed by atoms with E-state index in [4.69, 9.17) is 4.74 Å². The Bertz CT molecular complexity index is 761. The molecule has 118 valence electrons. The molecule has 2 aromatic carbocycles. The average molecular weight is 377 g/mol. The number of nitrogens with zero attached hydrogens (tertiary/aromatic N) is 1. The average Bonchev–Trinajstić information content (AvgIpc) is 2.92. The molecule has 0 aliphatic heterocycles. The van der Waals surface area contributed by atoms with Crippen molar-refractivity contribution in [2.45, 2.75) is 18.9 Å². The fourth-order valence-corrected chi connectivity index (χ4v) is 3.25. The second-order valence-electron chi connectivity index (χ2n) is 5.18. The Balaban J connectivity index is 1.65. The molecular formula is C16H13BrN2O4. The molecule has 1 aliphatic carbocycles. The van der Waals surface area contributed by atoms with Crippen LogP contribution in [0.15, 0.2) is 46.9 Å². The number of non-ortho nitro benzene ring substituents is 1. The number of ether oxygens (including phenoxy) is 1. The highest BCUT2D eigenvalue weighted by Gasteiger charge is 2.25. The second-order valence-corrected chi connectivity index (χ2v) is 6.04. The van der Waals surface area contributed by atoms with E-state index in [0.717, 1.165) is 22.9 Å². The minimum absolute atomic E-state index is 0.0488. The summed E-state index contributed by atoms with van der Waals surface area (Å²) < 4.78 is 6.22. The lowest BCUT2D eigenvalue weighted by molar-refractivity contribution is -0.384. The number of amides is 1. The number of fused-ring (bicyclic) bond motifs is 1. The SMILES string of the molecule is O=C(NC1CCc2c(Br)cccc21)Oc1ccc([N+](=O)[O-])cc1. The van der Waals surface area contributed by atoms with E-state index in [1.54, 1.807) is 0 Å². The first-order valence-corrected chi connectivity index (χ1v) is 7.84. The number of nitrogens with one attached hydrogen (secondary N) is 1. The Labute approximate surface area is 140 Å². The highest BCUT2D eigenvalue weighted by atomic mass is 79.9. The lowest BCUT2D eigenvalue weighted by atomic mass is 10.1. The number of halogens is 1. The van der Waals surface area contributed by atoms with Gasteiger partial charge in [-0.3, -0.25) is 10.1 Å². The minimum atomic E-state index is -0.573. The van der Waals surface area contributed by atoms with Gasteiger partial charge in [-0.1, -0.05) is 28.1 Å². The van der Waals surface area contributed by atoms with Gasteiger partial charge in [0, 0.05) is 16.6 Å². The molecule has 7 heteroatoms. The van der Waals surface area contributed by atoms with Gasteiger partial charge in [-0.15, -0.1) is 0 Å². The van der Waals surface area contributed by atoms with Gasteiger partial charge in [0.05, 0.1) is 11.0 Å². The summed E-state index contributed by atoms with van der Waals surface area (Å²) in [6, 6.07) is 11.2. The predicted molar refractivity (Wildman–Crippen MR) is 87.5 cm³/mol. The first kappa shape index (κ1) is 15.5. The third-order valence-electron chi connectivity index (χ3n) is 3.76. The Morgan fingerprint density at radius 2 is 2.00 bits per heavy atom. The van der Waals surface area contributed by atoms with E-state index in [1.807, 2.05) is 18.2 Å². The maximum atomic E-state index is 12.0. The van der Waals surface area contributed by atoms with Crippen LogP contribution in [0.3, 0.4) is 0 Å². The van der Waals surface area contributed by atoms with Gasteiger partial charge >= 0.3 is 6.09 Å². The normalized spacial score (nSPS) is 15.8. The van der Waals surface area contributed by atoms with Crippen LogP contribution in [-0.4, -0.2) is 11.0 Å². The molecule has 0 fully saturated rings. The Morgan fingerprint density at radius 1 is 1.26 bits per heavy atom. The van der Waals surface area contributed by atoms with Gasteiger partial charge in [-0.25, -0.2) is 4.79 Å². The van der Waals surface area contributed by atoms with E-state index in [2.05, 4.69) is 21.2 Å². The van der Waals surface area contributed by atoms with Gasteiger partial charge < -0.3 is 10.1 Å². The van der Waals surface area contributed by atoms with Gasteiger partial charge in [0.1, 0.15) is 5.75 Å². The van der Waals surface area contributed by atoms with Crippen molar-refractivity contribution in [3.63, 3.8) is 0 Å². The summed E-state index contributed by atoms with van der Waals surface area (Å²) in [6.45, 7) is 0. The van der Waals surface area contributed by atoms with Gasteiger partial charge in [0.2, 0.25) is 0 Å². The molecule has 0 aromatic heterocycles. The Kier molecular flexibility index (Phi) is 4.29. The molecule has 0 spiro atoms. The topological polar surface area (TPSA) is 81.5 Å². The summed E-state index contributed by atoms with van der Waals surface area (Å²) in [5, 5.41) is 13.4. The number of carbonyl (C=O) groups is 1. The lowest BCUT2D eigenvalue weighted by Gasteiger charge is -2.14. The zero-order chi connectivity index (χ0) is 16.4. The van der Waals surface area contributed by atoms with E-state index in [9.17, 15) is 14.9 Å². The van der Waals surface area contributed by atoms with Crippen molar-refractivity contribution >= 4 is 27.7 Å². The number of rotatable bonds is 3. The first-order valence-electron chi connectivity index (χ1n) is 7.04. The summed E-state index contributed by atoms with van der Waals surface area (Å²) >= 11 is 3.51. The molecular weight excluding hydrogens is 364 g/mol. The number of hydrogen-bond acceptors (Lipinski definition) is 4.